The topological polar surface area (TPSA) is 97.4 Å². The zero-order valence-electron chi connectivity index (χ0n) is 14.6. The number of aromatic nitrogens is 4. The van der Waals surface area contributed by atoms with Gasteiger partial charge in [0.1, 0.15) is 18.5 Å². The summed E-state index contributed by atoms with van der Waals surface area (Å²) < 4.78 is 7.14. The van der Waals surface area contributed by atoms with E-state index in [4.69, 9.17) is 16.0 Å². The number of halogens is 1. The first-order valence-corrected chi connectivity index (χ1v) is 8.87. The second-order valence-electron chi connectivity index (χ2n) is 6.38. The molecule has 0 saturated carbocycles. The molecule has 0 radical (unpaired) electrons. The molecule has 140 valence electrons. The van der Waals surface area contributed by atoms with Gasteiger partial charge in [0.25, 0.3) is 5.91 Å². The molecule has 2 amide bonds. The number of nitrogens with zero attached hydrogens (tertiary/aromatic N) is 6. The third-order valence-corrected chi connectivity index (χ3v) is 4.94. The van der Waals surface area contributed by atoms with Crippen molar-refractivity contribution in [1.82, 2.24) is 30.0 Å². The van der Waals surface area contributed by atoms with Crippen molar-refractivity contribution in [3.8, 4) is 0 Å². The Bertz CT molecular complexity index is 992. The fraction of sp³-hybridized carbons (Fsp3) is 0.353. The van der Waals surface area contributed by atoms with Crippen LogP contribution in [0.5, 0.6) is 0 Å². The maximum Gasteiger partial charge on any atom is 0.290 e. The SMILES string of the molecule is Cc1c(C(=O)N2CCN(C(=O)Cn3cnnn3)CC2)oc2ccc(Cl)cc12. The van der Waals surface area contributed by atoms with E-state index in [1.54, 1.807) is 28.0 Å². The summed E-state index contributed by atoms with van der Waals surface area (Å²) in [5, 5.41) is 12.1. The molecule has 1 saturated heterocycles. The molecule has 0 spiro atoms. The first kappa shape index (κ1) is 17.5. The highest BCUT2D eigenvalue weighted by molar-refractivity contribution is 6.31. The standard InChI is InChI=1S/C17H17ClN6O3/c1-11-13-8-12(18)2-3-14(13)27-16(11)17(26)23-6-4-22(5-7-23)15(25)9-24-10-19-20-21-24/h2-3,8,10H,4-7,9H2,1H3. The Morgan fingerprint density at radius 3 is 2.63 bits per heavy atom. The molecule has 2 aromatic heterocycles. The average Bonchev–Trinajstić information content (AvgIpc) is 3.29. The van der Waals surface area contributed by atoms with E-state index >= 15 is 0 Å². The van der Waals surface area contributed by atoms with E-state index in [2.05, 4.69) is 15.5 Å². The van der Waals surface area contributed by atoms with Crippen LogP contribution in [-0.2, 0) is 11.3 Å². The van der Waals surface area contributed by atoms with Crippen LogP contribution in [0.3, 0.4) is 0 Å². The number of benzene rings is 1. The van der Waals surface area contributed by atoms with Crippen molar-refractivity contribution in [2.75, 3.05) is 26.2 Å². The number of piperazine rings is 1. The Labute approximate surface area is 159 Å². The minimum absolute atomic E-state index is 0.0797. The van der Waals surface area contributed by atoms with Gasteiger partial charge in [-0.2, -0.15) is 0 Å². The van der Waals surface area contributed by atoms with Crippen LogP contribution in [0.2, 0.25) is 5.02 Å². The monoisotopic (exact) mass is 388 g/mol. The lowest BCUT2D eigenvalue weighted by Gasteiger charge is -2.34. The maximum absolute atomic E-state index is 12.9. The number of hydrogen-bond donors (Lipinski definition) is 0. The van der Waals surface area contributed by atoms with Gasteiger partial charge in [0, 0.05) is 42.2 Å². The number of amides is 2. The van der Waals surface area contributed by atoms with Gasteiger partial charge < -0.3 is 14.2 Å². The second kappa shape index (κ2) is 6.99. The Hall–Kier alpha value is -2.94. The molecule has 3 aromatic rings. The molecule has 4 rings (SSSR count). The normalized spacial score (nSPS) is 14.7. The Kier molecular flexibility index (Phi) is 4.53. The lowest BCUT2D eigenvalue weighted by Crippen LogP contribution is -2.51. The summed E-state index contributed by atoms with van der Waals surface area (Å²) in [5.74, 6) is 0.0667. The molecule has 27 heavy (non-hydrogen) atoms. The van der Waals surface area contributed by atoms with E-state index in [1.165, 1.54) is 11.0 Å². The molecule has 0 N–H and O–H groups in total. The van der Waals surface area contributed by atoms with Gasteiger partial charge in [-0.3, -0.25) is 9.59 Å². The van der Waals surface area contributed by atoms with Crippen LogP contribution in [0.25, 0.3) is 11.0 Å². The van der Waals surface area contributed by atoms with Crippen LogP contribution in [0.1, 0.15) is 16.1 Å². The van der Waals surface area contributed by atoms with Crippen LogP contribution < -0.4 is 0 Å². The third-order valence-electron chi connectivity index (χ3n) is 4.70. The van der Waals surface area contributed by atoms with Crippen molar-refractivity contribution in [3.05, 3.63) is 40.9 Å². The van der Waals surface area contributed by atoms with Crippen molar-refractivity contribution < 1.29 is 14.0 Å². The molecule has 0 bridgehead atoms. The fourth-order valence-electron chi connectivity index (χ4n) is 3.19. The predicted octanol–water partition coefficient (Wildman–Crippen LogP) is 1.37. The Morgan fingerprint density at radius 1 is 1.19 bits per heavy atom. The van der Waals surface area contributed by atoms with E-state index in [-0.39, 0.29) is 18.4 Å². The number of furan rings is 1. The van der Waals surface area contributed by atoms with Gasteiger partial charge in [-0.1, -0.05) is 11.6 Å². The Balaban J connectivity index is 1.43. The van der Waals surface area contributed by atoms with Gasteiger partial charge in [-0.05, 0) is 35.5 Å². The lowest BCUT2D eigenvalue weighted by atomic mass is 10.1. The molecule has 10 heteroatoms. The summed E-state index contributed by atoms with van der Waals surface area (Å²) in [7, 11) is 0. The van der Waals surface area contributed by atoms with Crippen LogP contribution in [0.15, 0.2) is 28.9 Å². The highest BCUT2D eigenvalue weighted by Crippen LogP contribution is 2.28. The highest BCUT2D eigenvalue weighted by Gasteiger charge is 2.28. The van der Waals surface area contributed by atoms with Crippen molar-refractivity contribution in [2.24, 2.45) is 0 Å². The molecule has 9 nitrogen and oxygen atoms in total. The van der Waals surface area contributed by atoms with Gasteiger partial charge in [-0.25, -0.2) is 4.68 Å². The van der Waals surface area contributed by atoms with E-state index in [0.717, 1.165) is 10.9 Å². The summed E-state index contributed by atoms with van der Waals surface area (Å²) in [4.78, 5) is 28.6. The number of tetrazole rings is 1. The summed E-state index contributed by atoms with van der Waals surface area (Å²) in [6, 6.07) is 5.29. The van der Waals surface area contributed by atoms with E-state index in [9.17, 15) is 9.59 Å². The van der Waals surface area contributed by atoms with Gasteiger partial charge in [0.05, 0.1) is 0 Å². The number of rotatable bonds is 3. The molecule has 1 aliphatic heterocycles. The quantitative estimate of drug-likeness (QED) is 0.672. The number of fused-ring (bicyclic) bond motifs is 1. The van der Waals surface area contributed by atoms with Crippen molar-refractivity contribution in [3.63, 3.8) is 0 Å². The van der Waals surface area contributed by atoms with Crippen LogP contribution in [-0.4, -0.2) is 68.0 Å². The molecular formula is C17H17ClN6O3. The minimum Gasteiger partial charge on any atom is -0.451 e. The van der Waals surface area contributed by atoms with Gasteiger partial charge >= 0.3 is 0 Å². The minimum atomic E-state index is -0.174. The van der Waals surface area contributed by atoms with E-state index < -0.39 is 0 Å². The van der Waals surface area contributed by atoms with Gasteiger partial charge in [0.15, 0.2) is 5.76 Å². The lowest BCUT2D eigenvalue weighted by molar-refractivity contribution is -0.133. The summed E-state index contributed by atoms with van der Waals surface area (Å²) >= 11 is 6.04. The second-order valence-corrected chi connectivity index (χ2v) is 6.81. The fourth-order valence-corrected chi connectivity index (χ4v) is 3.36. The number of carbonyl (C=O) groups is 2. The predicted molar refractivity (Wildman–Crippen MR) is 96.3 cm³/mol. The average molecular weight is 389 g/mol. The molecule has 3 heterocycles. The first-order valence-electron chi connectivity index (χ1n) is 8.49. The summed E-state index contributed by atoms with van der Waals surface area (Å²) in [6.45, 7) is 3.73. The molecule has 0 unspecified atom stereocenters. The molecule has 0 aliphatic carbocycles. The number of hydrogen-bond acceptors (Lipinski definition) is 6. The summed E-state index contributed by atoms with van der Waals surface area (Å²) in [6.07, 6.45) is 1.40. The molecule has 0 atom stereocenters. The van der Waals surface area contributed by atoms with E-state index in [0.29, 0.717) is 42.5 Å². The maximum atomic E-state index is 12.9. The van der Waals surface area contributed by atoms with Gasteiger partial charge in [-0.15, -0.1) is 5.10 Å². The molecule has 1 aromatic carbocycles. The van der Waals surface area contributed by atoms with Crippen LogP contribution in [0.4, 0.5) is 0 Å². The molecule has 1 aliphatic rings. The third kappa shape index (κ3) is 3.37. The molecular weight excluding hydrogens is 372 g/mol. The van der Waals surface area contributed by atoms with Crippen LogP contribution >= 0.6 is 11.6 Å². The summed E-state index contributed by atoms with van der Waals surface area (Å²) in [5.41, 5.74) is 1.41. The molecule has 1 fully saturated rings. The Morgan fingerprint density at radius 2 is 1.93 bits per heavy atom. The number of carbonyl (C=O) groups excluding carboxylic acids is 2. The largest absolute Gasteiger partial charge is 0.451 e. The highest BCUT2D eigenvalue weighted by atomic mass is 35.5. The van der Waals surface area contributed by atoms with Crippen molar-refractivity contribution >= 4 is 34.4 Å². The smallest absolute Gasteiger partial charge is 0.290 e. The zero-order valence-corrected chi connectivity index (χ0v) is 15.4. The van der Waals surface area contributed by atoms with Gasteiger partial charge in [0.2, 0.25) is 5.91 Å². The van der Waals surface area contributed by atoms with Crippen molar-refractivity contribution in [2.45, 2.75) is 13.5 Å². The van der Waals surface area contributed by atoms with E-state index in [1.807, 2.05) is 6.92 Å². The zero-order chi connectivity index (χ0) is 19.0. The first-order chi connectivity index (χ1) is 13.0. The number of aryl methyl sites for hydroxylation is 1. The van der Waals surface area contributed by atoms with Crippen molar-refractivity contribution in [1.29, 1.82) is 0 Å². The van der Waals surface area contributed by atoms with Crippen LogP contribution in [0, 0.1) is 6.92 Å².